The number of hydrogen-bond donors (Lipinski definition) is 1. The van der Waals surface area contributed by atoms with Gasteiger partial charge in [-0.05, 0) is 52.2 Å². The minimum Gasteiger partial charge on any atom is -0.348 e. The first-order valence-electron chi connectivity index (χ1n) is 7.09. The van der Waals surface area contributed by atoms with Gasteiger partial charge >= 0.3 is 0 Å². The largest absolute Gasteiger partial charge is 0.348 e. The fourth-order valence-corrected chi connectivity index (χ4v) is 2.62. The molecule has 4 heteroatoms. The predicted molar refractivity (Wildman–Crippen MR) is 86.7 cm³/mol. The van der Waals surface area contributed by atoms with Crippen molar-refractivity contribution in [3.8, 4) is 0 Å². The molecule has 0 radical (unpaired) electrons. The molecule has 2 aromatic heterocycles. The zero-order valence-electron chi connectivity index (χ0n) is 12.3. The fourth-order valence-electron chi connectivity index (χ4n) is 2.39. The number of nitrogens with one attached hydrogen (secondary N) is 1. The summed E-state index contributed by atoms with van der Waals surface area (Å²) in [5.41, 5.74) is 2.42. The van der Waals surface area contributed by atoms with Gasteiger partial charge in [0.1, 0.15) is 0 Å². The van der Waals surface area contributed by atoms with Crippen LogP contribution >= 0.6 is 15.9 Å². The van der Waals surface area contributed by atoms with Crippen LogP contribution in [0.25, 0.3) is 0 Å². The van der Waals surface area contributed by atoms with E-state index in [-0.39, 0.29) is 0 Å². The standard InChI is InChI=1S/C16H22BrN3/c1-4-18-16(12(2)3)13-7-8-20(10-13)11-15-6-5-14(17)9-19-15/h5-10,12,16,18H,4,11H2,1-3H3. The van der Waals surface area contributed by atoms with Crippen molar-refractivity contribution in [3.63, 3.8) is 0 Å². The summed E-state index contributed by atoms with van der Waals surface area (Å²) in [6.45, 7) is 8.45. The van der Waals surface area contributed by atoms with E-state index in [1.807, 2.05) is 18.3 Å². The molecule has 0 aliphatic carbocycles. The molecule has 1 N–H and O–H groups in total. The van der Waals surface area contributed by atoms with Gasteiger partial charge in [-0.15, -0.1) is 0 Å². The molecule has 3 nitrogen and oxygen atoms in total. The Balaban J connectivity index is 2.09. The Morgan fingerprint density at radius 2 is 2.10 bits per heavy atom. The topological polar surface area (TPSA) is 29.9 Å². The van der Waals surface area contributed by atoms with Gasteiger partial charge < -0.3 is 9.88 Å². The maximum Gasteiger partial charge on any atom is 0.0642 e. The van der Waals surface area contributed by atoms with Crippen molar-refractivity contribution in [1.29, 1.82) is 0 Å². The third kappa shape index (κ3) is 3.93. The lowest BCUT2D eigenvalue weighted by atomic mass is 9.98. The van der Waals surface area contributed by atoms with Gasteiger partial charge in [0.05, 0.1) is 12.2 Å². The maximum atomic E-state index is 4.42. The number of rotatable bonds is 6. The Labute approximate surface area is 129 Å². The Bertz CT molecular complexity index is 531. The first-order chi connectivity index (χ1) is 9.60. The summed E-state index contributed by atoms with van der Waals surface area (Å²) < 4.78 is 3.21. The molecule has 2 aromatic rings. The summed E-state index contributed by atoms with van der Waals surface area (Å²) in [7, 11) is 0. The lowest BCUT2D eigenvalue weighted by Crippen LogP contribution is -2.25. The monoisotopic (exact) mass is 335 g/mol. The van der Waals surface area contributed by atoms with Crippen molar-refractivity contribution >= 4 is 15.9 Å². The van der Waals surface area contributed by atoms with Gasteiger partial charge in [0.25, 0.3) is 0 Å². The first-order valence-corrected chi connectivity index (χ1v) is 7.89. The molecule has 1 unspecified atom stereocenters. The molecule has 2 heterocycles. The zero-order valence-corrected chi connectivity index (χ0v) is 13.9. The average molecular weight is 336 g/mol. The van der Waals surface area contributed by atoms with Crippen LogP contribution in [-0.4, -0.2) is 16.1 Å². The van der Waals surface area contributed by atoms with E-state index in [0.29, 0.717) is 12.0 Å². The van der Waals surface area contributed by atoms with Gasteiger partial charge in [-0.25, -0.2) is 0 Å². The highest BCUT2D eigenvalue weighted by Crippen LogP contribution is 2.22. The third-order valence-corrected chi connectivity index (χ3v) is 3.83. The molecular formula is C16H22BrN3. The molecular weight excluding hydrogens is 314 g/mol. The number of nitrogens with zero attached hydrogens (tertiary/aromatic N) is 2. The molecule has 0 fully saturated rings. The number of hydrogen-bond acceptors (Lipinski definition) is 2. The van der Waals surface area contributed by atoms with Gasteiger partial charge in [-0.3, -0.25) is 4.98 Å². The van der Waals surface area contributed by atoms with Crippen LogP contribution in [0.15, 0.2) is 41.3 Å². The van der Waals surface area contributed by atoms with Crippen molar-refractivity contribution in [3.05, 3.63) is 52.5 Å². The van der Waals surface area contributed by atoms with Gasteiger partial charge in [0.15, 0.2) is 0 Å². The van der Waals surface area contributed by atoms with Crippen LogP contribution in [0.3, 0.4) is 0 Å². The highest BCUT2D eigenvalue weighted by Gasteiger charge is 2.15. The molecule has 0 spiro atoms. The highest BCUT2D eigenvalue weighted by atomic mass is 79.9. The molecule has 108 valence electrons. The number of pyridine rings is 1. The van der Waals surface area contributed by atoms with Gasteiger partial charge in [0.2, 0.25) is 0 Å². The van der Waals surface area contributed by atoms with Crippen molar-refractivity contribution in [1.82, 2.24) is 14.9 Å². The molecule has 0 saturated carbocycles. The van der Waals surface area contributed by atoms with Crippen LogP contribution in [0.4, 0.5) is 0 Å². The molecule has 0 bridgehead atoms. The predicted octanol–water partition coefficient (Wildman–Crippen LogP) is 4.00. The second kappa shape index (κ2) is 7.04. The van der Waals surface area contributed by atoms with Crippen LogP contribution < -0.4 is 5.32 Å². The average Bonchev–Trinajstić information content (AvgIpc) is 2.86. The van der Waals surface area contributed by atoms with Crippen molar-refractivity contribution in [2.24, 2.45) is 5.92 Å². The Hall–Kier alpha value is -1.13. The van der Waals surface area contributed by atoms with Crippen LogP contribution in [-0.2, 0) is 6.54 Å². The number of halogens is 1. The normalized spacial score (nSPS) is 12.8. The van der Waals surface area contributed by atoms with Gasteiger partial charge in [0, 0.05) is 29.1 Å². The van der Waals surface area contributed by atoms with E-state index in [2.05, 4.69) is 70.0 Å². The molecule has 0 saturated heterocycles. The van der Waals surface area contributed by atoms with Crippen LogP contribution in [0.1, 0.15) is 38.1 Å². The maximum absolute atomic E-state index is 4.42. The van der Waals surface area contributed by atoms with E-state index in [1.54, 1.807) is 0 Å². The quantitative estimate of drug-likeness (QED) is 0.864. The lowest BCUT2D eigenvalue weighted by Gasteiger charge is -2.20. The Morgan fingerprint density at radius 3 is 2.70 bits per heavy atom. The molecule has 0 aromatic carbocycles. The summed E-state index contributed by atoms with van der Waals surface area (Å²) >= 11 is 3.41. The SMILES string of the molecule is CCNC(c1ccn(Cc2ccc(Br)cn2)c1)C(C)C. The second-order valence-electron chi connectivity index (χ2n) is 5.36. The molecule has 0 aliphatic rings. The van der Waals surface area contributed by atoms with E-state index in [0.717, 1.165) is 23.3 Å². The smallest absolute Gasteiger partial charge is 0.0642 e. The molecule has 0 amide bonds. The third-order valence-electron chi connectivity index (χ3n) is 3.36. The molecule has 2 rings (SSSR count). The van der Waals surface area contributed by atoms with Crippen molar-refractivity contribution in [2.45, 2.75) is 33.4 Å². The first kappa shape index (κ1) is 15.3. The summed E-state index contributed by atoms with van der Waals surface area (Å²) in [5.74, 6) is 0.580. The van der Waals surface area contributed by atoms with Crippen molar-refractivity contribution in [2.75, 3.05) is 6.54 Å². The summed E-state index contributed by atoms with van der Waals surface area (Å²) in [5, 5.41) is 3.55. The van der Waals surface area contributed by atoms with Gasteiger partial charge in [-0.2, -0.15) is 0 Å². The van der Waals surface area contributed by atoms with Crippen LogP contribution in [0.2, 0.25) is 0 Å². The lowest BCUT2D eigenvalue weighted by molar-refractivity contribution is 0.421. The summed E-state index contributed by atoms with van der Waals surface area (Å²) in [6, 6.07) is 6.70. The second-order valence-corrected chi connectivity index (χ2v) is 6.28. The van der Waals surface area contributed by atoms with E-state index in [1.165, 1.54) is 5.56 Å². The fraction of sp³-hybridized carbons (Fsp3) is 0.438. The zero-order chi connectivity index (χ0) is 14.5. The molecule has 1 atom stereocenters. The Morgan fingerprint density at radius 1 is 1.30 bits per heavy atom. The van der Waals surface area contributed by atoms with E-state index >= 15 is 0 Å². The van der Waals surface area contributed by atoms with Crippen LogP contribution in [0.5, 0.6) is 0 Å². The Kier molecular flexibility index (Phi) is 5.38. The summed E-state index contributed by atoms with van der Waals surface area (Å²) in [6.07, 6.45) is 6.19. The van der Waals surface area contributed by atoms with E-state index in [9.17, 15) is 0 Å². The number of aromatic nitrogens is 2. The van der Waals surface area contributed by atoms with Crippen molar-refractivity contribution < 1.29 is 0 Å². The molecule has 20 heavy (non-hydrogen) atoms. The minimum absolute atomic E-state index is 0.416. The van der Waals surface area contributed by atoms with Gasteiger partial charge in [-0.1, -0.05) is 20.8 Å². The van der Waals surface area contributed by atoms with Crippen LogP contribution in [0, 0.1) is 5.92 Å². The summed E-state index contributed by atoms with van der Waals surface area (Å²) in [4.78, 5) is 4.42. The van der Waals surface area contributed by atoms with E-state index in [4.69, 9.17) is 0 Å². The van der Waals surface area contributed by atoms with E-state index < -0.39 is 0 Å². The molecule has 0 aliphatic heterocycles. The highest BCUT2D eigenvalue weighted by molar-refractivity contribution is 9.10. The minimum atomic E-state index is 0.416.